The van der Waals surface area contributed by atoms with Crippen molar-refractivity contribution >= 4 is 34.6 Å². The zero-order valence-electron chi connectivity index (χ0n) is 17.7. The van der Waals surface area contributed by atoms with Crippen molar-refractivity contribution in [3.8, 4) is 0 Å². The Labute approximate surface area is 190 Å². The molecule has 0 aliphatic rings. The van der Waals surface area contributed by atoms with Gasteiger partial charge in [-0.25, -0.2) is 7.92 Å². The third kappa shape index (κ3) is 5.97. The Morgan fingerprint density at radius 3 is 2.16 bits per heavy atom. The van der Waals surface area contributed by atoms with E-state index in [0.717, 1.165) is 32.8 Å². The summed E-state index contributed by atoms with van der Waals surface area (Å²) in [5.41, 5.74) is 10.5. The number of carboxylic acids is 1. The van der Waals surface area contributed by atoms with E-state index in [-0.39, 0.29) is 6.42 Å². The van der Waals surface area contributed by atoms with Crippen LogP contribution in [0.2, 0.25) is 0 Å². The lowest BCUT2D eigenvalue weighted by atomic mass is 10.0. The van der Waals surface area contributed by atoms with Gasteiger partial charge in [-0.1, -0.05) is 41.5 Å². The number of benzene rings is 3. The van der Waals surface area contributed by atoms with Crippen LogP contribution in [0.4, 0.5) is 5.69 Å². The average molecular weight is 455 g/mol. The van der Waals surface area contributed by atoms with Gasteiger partial charge in [0, 0.05) is 16.8 Å². The number of hydrogen-bond acceptors (Lipinski definition) is 4. The van der Waals surface area contributed by atoms with Gasteiger partial charge in [0.1, 0.15) is 6.04 Å². The lowest BCUT2D eigenvalue weighted by Gasteiger charge is -2.23. The van der Waals surface area contributed by atoms with Crippen LogP contribution in [0, 0.1) is 20.8 Å². The molecule has 162 valence electrons. The smallest absolute Gasteiger partial charge is 0.320 e. The molecule has 2 unspecified atom stereocenters. The Kier molecular flexibility index (Phi) is 7.54. The monoisotopic (exact) mass is 454 g/mol. The maximum Gasteiger partial charge on any atom is 0.320 e. The van der Waals surface area contributed by atoms with Gasteiger partial charge in [-0.2, -0.15) is 0 Å². The molecular weight excluding hydrogens is 428 g/mol. The topological polar surface area (TPSA) is 83.6 Å². The predicted molar refractivity (Wildman–Crippen MR) is 128 cm³/mol. The highest BCUT2D eigenvalue weighted by Gasteiger charge is 2.21. The number of aliphatic carboxylic acids is 1. The van der Waals surface area contributed by atoms with E-state index in [0.29, 0.717) is 4.90 Å². The molecule has 0 aromatic heterocycles. The van der Waals surface area contributed by atoms with Crippen LogP contribution < -0.4 is 9.44 Å². The summed E-state index contributed by atoms with van der Waals surface area (Å²) in [6, 6.07) is 20.3. The van der Waals surface area contributed by atoms with Crippen LogP contribution in [-0.2, 0) is 22.2 Å². The van der Waals surface area contributed by atoms with E-state index in [1.54, 1.807) is 3.71 Å². The molecule has 3 aromatic carbocycles. The van der Waals surface area contributed by atoms with Crippen molar-refractivity contribution in [2.75, 3.05) is 3.71 Å². The fourth-order valence-corrected chi connectivity index (χ4v) is 5.26. The van der Waals surface area contributed by atoms with Gasteiger partial charge in [0.2, 0.25) is 0 Å². The molecular formula is C24H26N2O3S2. The van der Waals surface area contributed by atoms with Crippen molar-refractivity contribution in [2.45, 2.75) is 43.0 Å². The van der Waals surface area contributed by atoms with Gasteiger partial charge in [-0.15, -0.1) is 0 Å². The van der Waals surface area contributed by atoms with Crippen LogP contribution in [0.1, 0.15) is 22.3 Å². The standard InChI is InChI=1S/C24H26N2O3S2/c1-16-4-10-21(11-5-16)30-26(31(29)22-12-6-17(2)7-13-22)20-9-8-18(3)19(14-20)15-23(25)24(27)28/h4-14,23H,15,25H2,1-3H3,(H,27,28). The molecule has 0 bridgehead atoms. The molecule has 0 amide bonds. The quantitative estimate of drug-likeness (QED) is 0.478. The molecule has 2 atom stereocenters. The van der Waals surface area contributed by atoms with E-state index in [2.05, 4.69) is 0 Å². The summed E-state index contributed by atoms with van der Waals surface area (Å²) in [6.45, 7) is 5.93. The summed E-state index contributed by atoms with van der Waals surface area (Å²) in [4.78, 5) is 12.9. The molecule has 31 heavy (non-hydrogen) atoms. The minimum Gasteiger partial charge on any atom is -0.480 e. The number of nitrogens with zero attached hydrogens (tertiary/aromatic N) is 1. The summed E-state index contributed by atoms with van der Waals surface area (Å²) in [7, 11) is -1.47. The van der Waals surface area contributed by atoms with Gasteiger partial charge in [0.05, 0.1) is 10.6 Å². The minimum atomic E-state index is -1.47. The Balaban J connectivity index is 2.00. The van der Waals surface area contributed by atoms with Crippen molar-refractivity contribution < 1.29 is 14.1 Å². The van der Waals surface area contributed by atoms with Gasteiger partial charge in [0.15, 0.2) is 11.0 Å². The van der Waals surface area contributed by atoms with Gasteiger partial charge in [0.25, 0.3) is 0 Å². The minimum absolute atomic E-state index is 0.204. The first-order valence-corrected chi connectivity index (χ1v) is 11.7. The van der Waals surface area contributed by atoms with Crippen LogP contribution in [0.25, 0.3) is 0 Å². The second-order valence-corrected chi connectivity index (χ2v) is 10.1. The zero-order valence-corrected chi connectivity index (χ0v) is 19.4. The molecule has 7 heteroatoms. The van der Waals surface area contributed by atoms with Gasteiger partial charge in [-0.3, -0.25) is 4.79 Å². The number of carboxylic acid groups (broad SMARTS) is 1. The fraction of sp³-hybridized carbons (Fsp3) is 0.208. The van der Waals surface area contributed by atoms with E-state index >= 15 is 0 Å². The number of aryl methyl sites for hydroxylation is 3. The highest BCUT2D eigenvalue weighted by Crippen LogP contribution is 2.34. The van der Waals surface area contributed by atoms with Crippen LogP contribution in [0.15, 0.2) is 76.5 Å². The first kappa shape index (κ1) is 23.1. The second-order valence-electron chi connectivity index (χ2n) is 7.48. The second kappa shape index (κ2) is 10.1. The number of rotatable bonds is 8. The van der Waals surface area contributed by atoms with Gasteiger partial charge >= 0.3 is 5.97 Å². The predicted octanol–water partition coefficient (Wildman–Crippen LogP) is 4.80. The van der Waals surface area contributed by atoms with Crippen LogP contribution in [0.5, 0.6) is 0 Å². The van der Waals surface area contributed by atoms with Crippen LogP contribution in [0.3, 0.4) is 0 Å². The largest absolute Gasteiger partial charge is 0.480 e. The van der Waals surface area contributed by atoms with E-state index in [1.807, 2.05) is 87.5 Å². The highest BCUT2D eigenvalue weighted by molar-refractivity contribution is 8.12. The van der Waals surface area contributed by atoms with Gasteiger partial charge in [-0.05, 0) is 74.7 Å². The van der Waals surface area contributed by atoms with Crippen LogP contribution >= 0.6 is 11.9 Å². The SMILES string of the molecule is Cc1ccc(SN(c2ccc(C)c(CC(N)C(=O)O)c2)S(=O)c2ccc(C)cc2)cc1. The zero-order chi connectivity index (χ0) is 22.5. The summed E-state index contributed by atoms with van der Waals surface area (Å²) in [6.07, 6.45) is 0.204. The first-order valence-electron chi connectivity index (χ1n) is 9.86. The van der Waals surface area contributed by atoms with E-state index in [1.165, 1.54) is 11.9 Å². The van der Waals surface area contributed by atoms with E-state index in [9.17, 15) is 14.1 Å². The molecule has 0 aliphatic heterocycles. The molecule has 0 saturated carbocycles. The van der Waals surface area contributed by atoms with Crippen LogP contribution in [-0.4, -0.2) is 21.3 Å². The molecule has 0 heterocycles. The number of anilines is 1. The van der Waals surface area contributed by atoms with Gasteiger partial charge < -0.3 is 10.8 Å². The molecule has 0 fully saturated rings. The molecule has 0 aliphatic carbocycles. The third-order valence-corrected chi connectivity index (χ3v) is 7.56. The van der Waals surface area contributed by atoms with Crippen molar-refractivity contribution in [1.82, 2.24) is 0 Å². The molecule has 3 N–H and O–H groups in total. The lowest BCUT2D eigenvalue weighted by Crippen LogP contribution is -2.32. The molecule has 3 rings (SSSR count). The average Bonchev–Trinajstić information content (AvgIpc) is 2.75. The summed E-state index contributed by atoms with van der Waals surface area (Å²) in [5, 5.41) is 9.20. The Hall–Kier alpha value is -2.61. The normalized spacial score (nSPS) is 12.9. The van der Waals surface area contributed by atoms with Crippen molar-refractivity contribution in [1.29, 1.82) is 0 Å². The van der Waals surface area contributed by atoms with Crippen molar-refractivity contribution in [2.24, 2.45) is 5.73 Å². The number of nitrogens with two attached hydrogens (primary N) is 1. The summed E-state index contributed by atoms with van der Waals surface area (Å²) in [5.74, 6) is -1.04. The molecule has 0 radical (unpaired) electrons. The molecule has 0 spiro atoms. The van der Waals surface area contributed by atoms with Crippen molar-refractivity contribution in [3.63, 3.8) is 0 Å². The Bertz CT molecular complexity index is 1080. The maximum absolute atomic E-state index is 13.6. The number of carbonyl (C=O) groups is 1. The molecule has 5 nitrogen and oxygen atoms in total. The van der Waals surface area contributed by atoms with Crippen molar-refractivity contribution in [3.05, 3.63) is 89.0 Å². The Morgan fingerprint density at radius 2 is 1.58 bits per heavy atom. The summed E-state index contributed by atoms with van der Waals surface area (Å²) < 4.78 is 15.3. The third-order valence-electron chi connectivity index (χ3n) is 4.88. The van der Waals surface area contributed by atoms with E-state index in [4.69, 9.17) is 5.73 Å². The molecule has 0 saturated heterocycles. The van der Waals surface area contributed by atoms with E-state index < -0.39 is 23.0 Å². The fourth-order valence-electron chi connectivity index (χ4n) is 2.94. The summed E-state index contributed by atoms with van der Waals surface area (Å²) >= 11 is 1.38. The number of hydrogen-bond donors (Lipinski definition) is 2. The lowest BCUT2D eigenvalue weighted by molar-refractivity contribution is -0.138. The highest BCUT2D eigenvalue weighted by atomic mass is 32.2. The maximum atomic E-state index is 13.6. The first-order chi connectivity index (χ1) is 14.7. The Morgan fingerprint density at radius 1 is 1.00 bits per heavy atom. The molecule has 3 aromatic rings.